The zero-order valence-electron chi connectivity index (χ0n) is 12.9. The van der Waals surface area contributed by atoms with Crippen molar-refractivity contribution in [3.8, 4) is 0 Å². The molecule has 1 N–H and O–H groups in total. The van der Waals surface area contributed by atoms with Gasteiger partial charge in [0.15, 0.2) is 0 Å². The van der Waals surface area contributed by atoms with Crippen LogP contribution in [0.15, 0.2) is 22.9 Å². The van der Waals surface area contributed by atoms with E-state index in [1.54, 1.807) is 17.4 Å². The van der Waals surface area contributed by atoms with E-state index in [4.69, 9.17) is 4.74 Å². The van der Waals surface area contributed by atoms with Crippen molar-refractivity contribution in [1.82, 2.24) is 10.2 Å². The smallest absolute Gasteiger partial charge is 0.244 e. The molecule has 1 atom stereocenters. The molecule has 5 heteroatoms. The molecule has 2 saturated heterocycles. The molecule has 2 aliphatic rings. The molecule has 3 rings (SSSR count). The van der Waals surface area contributed by atoms with E-state index in [9.17, 15) is 4.79 Å². The van der Waals surface area contributed by atoms with Crippen LogP contribution in [0.25, 0.3) is 6.08 Å². The molecule has 0 aliphatic carbocycles. The second-order valence-electron chi connectivity index (χ2n) is 6.13. The van der Waals surface area contributed by atoms with E-state index in [0.717, 1.165) is 38.4 Å². The van der Waals surface area contributed by atoms with Gasteiger partial charge in [0.1, 0.15) is 0 Å². The van der Waals surface area contributed by atoms with Crippen molar-refractivity contribution in [2.45, 2.75) is 25.3 Å². The Balaban J connectivity index is 1.35. The third-order valence-corrected chi connectivity index (χ3v) is 5.31. The van der Waals surface area contributed by atoms with Crippen LogP contribution in [0.5, 0.6) is 0 Å². The summed E-state index contributed by atoms with van der Waals surface area (Å²) >= 11 is 1.64. The first-order chi connectivity index (χ1) is 10.8. The molecular formula is C17H24N2O2S. The lowest BCUT2D eigenvalue weighted by molar-refractivity contribution is -0.116. The summed E-state index contributed by atoms with van der Waals surface area (Å²) < 4.78 is 5.47. The predicted octanol–water partition coefficient (Wildman–Crippen LogP) is 2.38. The summed E-state index contributed by atoms with van der Waals surface area (Å²) in [6.45, 7) is 4.88. The summed E-state index contributed by atoms with van der Waals surface area (Å²) in [5.41, 5.74) is 1.09. The zero-order chi connectivity index (χ0) is 15.2. The van der Waals surface area contributed by atoms with E-state index >= 15 is 0 Å². The first-order valence-corrected chi connectivity index (χ1v) is 9.05. The van der Waals surface area contributed by atoms with Gasteiger partial charge in [-0.05, 0) is 66.7 Å². The Morgan fingerprint density at radius 1 is 1.41 bits per heavy atom. The molecule has 120 valence electrons. The summed E-state index contributed by atoms with van der Waals surface area (Å²) in [5, 5.41) is 7.08. The number of nitrogens with zero attached hydrogens (tertiary/aromatic N) is 1. The van der Waals surface area contributed by atoms with Gasteiger partial charge in [0.2, 0.25) is 5.91 Å². The molecule has 0 saturated carbocycles. The number of thiophene rings is 1. The van der Waals surface area contributed by atoms with Crippen molar-refractivity contribution >= 4 is 23.3 Å². The fourth-order valence-corrected chi connectivity index (χ4v) is 3.81. The summed E-state index contributed by atoms with van der Waals surface area (Å²) in [5.74, 6) is 0.620. The minimum absolute atomic E-state index is 0.0119. The van der Waals surface area contributed by atoms with Crippen LogP contribution in [0.1, 0.15) is 24.8 Å². The lowest BCUT2D eigenvalue weighted by atomic mass is 9.95. The van der Waals surface area contributed by atoms with Crippen molar-refractivity contribution in [2.75, 3.05) is 32.8 Å². The molecule has 1 aromatic heterocycles. The second kappa shape index (κ2) is 7.90. The van der Waals surface area contributed by atoms with E-state index in [1.807, 2.05) is 22.9 Å². The first kappa shape index (κ1) is 15.7. The highest BCUT2D eigenvalue weighted by Gasteiger charge is 2.27. The lowest BCUT2D eigenvalue weighted by Gasteiger charge is -2.35. The Bertz CT molecular complexity index is 487. The Labute approximate surface area is 136 Å². The van der Waals surface area contributed by atoms with Crippen LogP contribution in [0.4, 0.5) is 0 Å². The Hall–Kier alpha value is -1.17. The van der Waals surface area contributed by atoms with Crippen molar-refractivity contribution in [1.29, 1.82) is 0 Å². The average molecular weight is 320 g/mol. The standard InChI is InChI=1S/C17H24N2O2S/c20-17(2-1-15-6-10-22-13-15)18-11-14-3-7-19(8-4-14)16-5-9-21-12-16/h1-2,6,10,13-14,16H,3-5,7-9,11-12H2,(H,18,20). The monoisotopic (exact) mass is 320 g/mol. The molecule has 0 bridgehead atoms. The number of piperidine rings is 1. The van der Waals surface area contributed by atoms with Crippen molar-refractivity contribution in [3.63, 3.8) is 0 Å². The number of nitrogens with one attached hydrogen (secondary N) is 1. The zero-order valence-corrected chi connectivity index (χ0v) is 13.7. The number of carbonyl (C=O) groups is 1. The number of ether oxygens (including phenoxy) is 1. The van der Waals surface area contributed by atoms with Gasteiger partial charge in [0, 0.05) is 25.3 Å². The van der Waals surface area contributed by atoms with Gasteiger partial charge in [-0.1, -0.05) is 0 Å². The third-order valence-electron chi connectivity index (χ3n) is 4.61. The number of carbonyl (C=O) groups excluding carboxylic acids is 1. The molecular weight excluding hydrogens is 296 g/mol. The maximum absolute atomic E-state index is 11.8. The Kier molecular flexibility index (Phi) is 5.64. The minimum Gasteiger partial charge on any atom is -0.380 e. The van der Waals surface area contributed by atoms with Crippen LogP contribution < -0.4 is 5.32 Å². The molecule has 1 amide bonds. The van der Waals surface area contributed by atoms with E-state index in [1.165, 1.54) is 19.3 Å². The van der Waals surface area contributed by atoms with E-state index < -0.39 is 0 Å². The van der Waals surface area contributed by atoms with Gasteiger partial charge in [-0.3, -0.25) is 9.69 Å². The summed E-state index contributed by atoms with van der Waals surface area (Å²) in [6.07, 6.45) is 7.02. The molecule has 0 radical (unpaired) electrons. The third kappa shape index (κ3) is 4.41. The van der Waals surface area contributed by atoms with Crippen LogP contribution in [0.3, 0.4) is 0 Å². The quantitative estimate of drug-likeness (QED) is 0.847. The molecule has 2 fully saturated rings. The highest BCUT2D eigenvalue weighted by molar-refractivity contribution is 7.08. The van der Waals surface area contributed by atoms with Crippen LogP contribution in [-0.4, -0.2) is 49.7 Å². The number of likely N-dealkylation sites (tertiary alicyclic amines) is 1. The second-order valence-corrected chi connectivity index (χ2v) is 6.91. The van der Waals surface area contributed by atoms with E-state index in [-0.39, 0.29) is 5.91 Å². The summed E-state index contributed by atoms with van der Waals surface area (Å²) in [4.78, 5) is 14.4. The van der Waals surface area contributed by atoms with Gasteiger partial charge in [0.25, 0.3) is 0 Å². The highest BCUT2D eigenvalue weighted by Crippen LogP contribution is 2.21. The van der Waals surface area contributed by atoms with E-state index in [2.05, 4.69) is 10.2 Å². The van der Waals surface area contributed by atoms with Crippen LogP contribution >= 0.6 is 11.3 Å². The lowest BCUT2D eigenvalue weighted by Crippen LogP contribution is -2.43. The molecule has 1 unspecified atom stereocenters. The minimum atomic E-state index is 0.0119. The molecule has 1 aromatic rings. The van der Waals surface area contributed by atoms with Gasteiger partial charge in [0.05, 0.1) is 6.61 Å². The van der Waals surface area contributed by atoms with Gasteiger partial charge in [-0.2, -0.15) is 11.3 Å². The fraction of sp³-hybridized carbons (Fsp3) is 0.588. The number of hydrogen-bond donors (Lipinski definition) is 1. The molecule has 3 heterocycles. The first-order valence-electron chi connectivity index (χ1n) is 8.11. The highest BCUT2D eigenvalue weighted by atomic mass is 32.1. The fourth-order valence-electron chi connectivity index (χ4n) is 3.18. The van der Waals surface area contributed by atoms with Gasteiger partial charge >= 0.3 is 0 Å². The van der Waals surface area contributed by atoms with Crippen LogP contribution in [0.2, 0.25) is 0 Å². The topological polar surface area (TPSA) is 41.6 Å². The van der Waals surface area contributed by atoms with Crippen molar-refractivity contribution < 1.29 is 9.53 Å². The van der Waals surface area contributed by atoms with E-state index in [0.29, 0.717) is 12.0 Å². The Morgan fingerprint density at radius 2 is 2.27 bits per heavy atom. The number of hydrogen-bond acceptors (Lipinski definition) is 4. The van der Waals surface area contributed by atoms with Crippen molar-refractivity contribution in [2.24, 2.45) is 5.92 Å². The maximum Gasteiger partial charge on any atom is 0.244 e. The Morgan fingerprint density at radius 3 is 2.95 bits per heavy atom. The van der Waals surface area contributed by atoms with Crippen LogP contribution in [0, 0.1) is 5.92 Å². The normalized spacial score (nSPS) is 24.1. The molecule has 0 aromatic carbocycles. The van der Waals surface area contributed by atoms with Crippen LogP contribution in [-0.2, 0) is 9.53 Å². The summed E-state index contributed by atoms with van der Waals surface area (Å²) in [7, 11) is 0. The maximum atomic E-state index is 11.8. The van der Waals surface area contributed by atoms with Gasteiger partial charge in [-0.15, -0.1) is 0 Å². The molecule has 22 heavy (non-hydrogen) atoms. The SMILES string of the molecule is O=C(C=Cc1ccsc1)NCC1CCN(C2CCOC2)CC1. The molecule has 4 nitrogen and oxygen atoms in total. The number of amides is 1. The van der Waals surface area contributed by atoms with Crippen molar-refractivity contribution in [3.05, 3.63) is 28.5 Å². The van der Waals surface area contributed by atoms with Gasteiger partial charge < -0.3 is 10.1 Å². The summed E-state index contributed by atoms with van der Waals surface area (Å²) in [6, 6.07) is 2.64. The molecule has 2 aliphatic heterocycles. The predicted molar refractivity (Wildman–Crippen MR) is 89.9 cm³/mol. The molecule has 0 spiro atoms. The number of rotatable bonds is 5. The largest absolute Gasteiger partial charge is 0.380 e. The average Bonchev–Trinajstić information content (AvgIpc) is 3.24. The van der Waals surface area contributed by atoms with Gasteiger partial charge in [-0.25, -0.2) is 0 Å².